The van der Waals surface area contributed by atoms with Gasteiger partial charge in [-0.05, 0) is 56.5 Å². The van der Waals surface area contributed by atoms with Gasteiger partial charge in [-0.2, -0.15) is 0 Å². The standard InChI is InChI=1S/C16H23BrN2O/c1-12(11-19-7-3-4-8-19)10-18-16(20)14-6-5-13(2)15(17)9-14/h5-6,9,12H,3-4,7-8,10-11H2,1-2H3,(H,18,20). The van der Waals surface area contributed by atoms with Crippen molar-refractivity contribution >= 4 is 21.8 Å². The molecule has 4 heteroatoms. The lowest BCUT2D eigenvalue weighted by Crippen LogP contribution is -2.34. The van der Waals surface area contributed by atoms with Crippen LogP contribution in [-0.2, 0) is 0 Å². The Hall–Kier alpha value is -0.870. The second-order valence-corrected chi connectivity index (χ2v) is 6.64. The number of hydrogen-bond acceptors (Lipinski definition) is 2. The first-order valence-corrected chi connectivity index (χ1v) is 8.12. The van der Waals surface area contributed by atoms with Crippen LogP contribution in [0.3, 0.4) is 0 Å². The molecule has 3 nitrogen and oxygen atoms in total. The minimum Gasteiger partial charge on any atom is -0.352 e. The van der Waals surface area contributed by atoms with Gasteiger partial charge >= 0.3 is 0 Å². The van der Waals surface area contributed by atoms with E-state index in [9.17, 15) is 4.79 Å². The molecule has 1 N–H and O–H groups in total. The van der Waals surface area contributed by atoms with E-state index in [1.807, 2.05) is 25.1 Å². The summed E-state index contributed by atoms with van der Waals surface area (Å²) in [6.07, 6.45) is 2.63. The third-order valence-corrected chi connectivity index (χ3v) is 4.67. The van der Waals surface area contributed by atoms with Crippen LogP contribution in [0.15, 0.2) is 22.7 Å². The predicted octanol–water partition coefficient (Wildman–Crippen LogP) is 3.22. The lowest BCUT2D eigenvalue weighted by molar-refractivity contribution is 0.0945. The molecule has 0 aromatic heterocycles. The first-order chi connectivity index (χ1) is 9.56. The van der Waals surface area contributed by atoms with Gasteiger partial charge in [0.1, 0.15) is 0 Å². The molecule has 1 aliphatic heterocycles. The molecular formula is C16H23BrN2O. The summed E-state index contributed by atoms with van der Waals surface area (Å²) in [6, 6.07) is 5.73. The van der Waals surface area contributed by atoms with Gasteiger partial charge in [-0.25, -0.2) is 0 Å². The van der Waals surface area contributed by atoms with E-state index in [0.717, 1.165) is 28.7 Å². The minimum atomic E-state index is 0.0129. The fourth-order valence-corrected chi connectivity index (χ4v) is 2.95. The number of rotatable bonds is 5. The number of amides is 1. The summed E-state index contributed by atoms with van der Waals surface area (Å²) >= 11 is 3.47. The maximum absolute atomic E-state index is 12.1. The highest BCUT2D eigenvalue weighted by molar-refractivity contribution is 9.10. The van der Waals surface area contributed by atoms with Gasteiger partial charge in [-0.1, -0.05) is 28.9 Å². The number of benzene rings is 1. The van der Waals surface area contributed by atoms with Crippen molar-refractivity contribution in [3.05, 3.63) is 33.8 Å². The van der Waals surface area contributed by atoms with Crippen molar-refractivity contribution in [2.45, 2.75) is 26.7 Å². The molecule has 20 heavy (non-hydrogen) atoms. The number of carbonyl (C=O) groups excluding carboxylic acids is 1. The highest BCUT2D eigenvalue weighted by Crippen LogP contribution is 2.17. The van der Waals surface area contributed by atoms with Crippen molar-refractivity contribution in [2.24, 2.45) is 5.92 Å². The zero-order chi connectivity index (χ0) is 14.5. The summed E-state index contributed by atoms with van der Waals surface area (Å²) in [5.41, 5.74) is 1.86. The van der Waals surface area contributed by atoms with Crippen molar-refractivity contribution in [1.82, 2.24) is 10.2 Å². The Morgan fingerprint density at radius 2 is 2.10 bits per heavy atom. The first kappa shape index (κ1) is 15.5. The second kappa shape index (κ2) is 7.23. The average molecular weight is 339 g/mol. The van der Waals surface area contributed by atoms with Crippen LogP contribution >= 0.6 is 15.9 Å². The third kappa shape index (κ3) is 4.32. The van der Waals surface area contributed by atoms with Gasteiger partial charge in [0.15, 0.2) is 0 Å². The van der Waals surface area contributed by atoms with E-state index in [0.29, 0.717) is 5.92 Å². The summed E-state index contributed by atoms with van der Waals surface area (Å²) in [5, 5.41) is 3.03. The molecule has 1 amide bonds. The predicted molar refractivity (Wildman–Crippen MR) is 86.1 cm³/mol. The van der Waals surface area contributed by atoms with Crippen molar-refractivity contribution in [3.63, 3.8) is 0 Å². The van der Waals surface area contributed by atoms with Gasteiger partial charge < -0.3 is 10.2 Å². The van der Waals surface area contributed by atoms with Crippen molar-refractivity contribution in [3.8, 4) is 0 Å². The zero-order valence-corrected chi connectivity index (χ0v) is 13.9. The Labute approximate surface area is 129 Å². The fourth-order valence-electron chi connectivity index (χ4n) is 2.57. The lowest BCUT2D eigenvalue weighted by Gasteiger charge is -2.20. The molecular weight excluding hydrogens is 316 g/mol. The minimum absolute atomic E-state index is 0.0129. The molecule has 0 saturated carbocycles. The van der Waals surface area contributed by atoms with Gasteiger partial charge in [0.2, 0.25) is 0 Å². The van der Waals surface area contributed by atoms with Gasteiger partial charge in [0.05, 0.1) is 0 Å². The van der Waals surface area contributed by atoms with E-state index in [-0.39, 0.29) is 5.91 Å². The van der Waals surface area contributed by atoms with Crippen LogP contribution < -0.4 is 5.32 Å². The number of nitrogens with one attached hydrogen (secondary N) is 1. The molecule has 1 aliphatic rings. The number of likely N-dealkylation sites (tertiary alicyclic amines) is 1. The molecule has 0 aliphatic carbocycles. The molecule has 110 valence electrons. The molecule has 1 atom stereocenters. The Morgan fingerprint density at radius 3 is 2.75 bits per heavy atom. The topological polar surface area (TPSA) is 32.3 Å². The van der Waals surface area contributed by atoms with Crippen LogP contribution in [0.2, 0.25) is 0 Å². The van der Waals surface area contributed by atoms with E-state index in [4.69, 9.17) is 0 Å². The number of aryl methyl sites for hydroxylation is 1. The van der Waals surface area contributed by atoms with Gasteiger partial charge in [-0.15, -0.1) is 0 Å². The molecule has 1 heterocycles. The average Bonchev–Trinajstić information content (AvgIpc) is 2.92. The maximum atomic E-state index is 12.1. The highest BCUT2D eigenvalue weighted by atomic mass is 79.9. The van der Waals surface area contributed by atoms with Crippen LogP contribution in [0.25, 0.3) is 0 Å². The van der Waals surface area contributed by atoms with E-state index in [1.54, 1.807) is 0 Å². The van der Waals surface area contributed by atoms with Crippen molar-refractivity contribution < 1.29 is 4.79 Å². The van der Waals surface area contributed by atoms with E-state index in [1.165, 1.54) is 25.9 Å². The lowest BCUT2D eigenvalue weighted by atomic mass is 10.1. The SMILES string of the molecule is Cc1ccc(C(=O)NCC(C)CN2CCCC2)cc1Br. The Morgan fingerprint density at radius 1 is 1.40 bits per heavy atom. The molecule has 0 bridgehead atoms. The largest absolute Gasteiger partial charge is 0.352 e. The highest BCUT2D eigenvalue weighted by Gasteiger charge is 2.15. The second-order valence-electron chi connectivity index (χ2n) is 5.79. The van der Waals surface area contributed by atoms with Gasteiger partial charge in [0.25, 0.3) is 5.91 Å². The Kier molecular flexibility index (Phi) is 5.61. The van der Waals surface area contributed by atoms with Crippen LogP contribution in [0.1, 0.15) is 35.7 Å². The smallest absolute Gasteiger partial charge is 0.251 e. The molecule has 0 spiro atoms. The third-order valence-electron chi connectivity index (χ3n) is 3.81. The fraction of sp³-hybridized carbons (Fsp3) is 0.562. The molecule has 1 unspecified atom stereocenters. The summed E-state index contributed by atoms with van der Waals surface area (Å²) in [5.74, 6) is 0.505. The van der Waals surface area contributed by atoms with Crippen LogP contribution in [-0.4, -0.2) is 37.0 Å². The van der Waals surface area contributed by atoms with E-state index < -0.39 is 0 Å². The number of nitrogens with zero attached hydrogens (tertiary/aromatic N) is 1. The van der Waals surface area contributed by atoms with Crippen molar-refractivity contribution in [2.75, 3.05) is 26.2 Å². The maximum Gasteiger partial charge on any atom is 0.251 e. The number of hydrogen-bond donors (Lipinski definition) is 1. The molecule has 0 radical (unpaired) electrons. The first-order valence-electron chi connectivity index (χ1n) is 7.33. The summed E-state index contributed by atoms with van der Waals surface area (Å²) in [7, 11) is 0. The molecule has 1 aromatic rings. The van der Waals surface area contributed by atoms with E-state index >= 15 is 0 Å². The zero-order valence-electron chi connectivity index (χ0n) is 12.3. The van der Waals surface area contributed by atoms with Gasteiger partial charge in [0, 0.05) is 23.1 Å². The molecule has 1 fully saturated rings. The number of halogens is 1. The Balaban J connectivity index is 1.80. The van der Waals surface area contributed by atoms with Crippen LogP contribution in [0.5, 0.6) is 0 Å². The molecule has 1 saturated heterocycles. The Bertz CT molecular complexity index is 470. The van der Waals surface area contributed by atoms with Crippen molar-refractivity contribution in [1.29, 1.82) is 0 Å². The summed E-state index contributed by atoms with van der Waals surface area (Å²) < 4.78 is 0.982. The van der Waals surface area contributed by atoms with Gasteiger partial charge in [-0.3, -0.25) is 4.79 Å². The summed E-state index contributed by atoms with van der Waals surface area (Å²) in [6.45, 7) is 8.46. The quantitative estimate of drug-likeness (QED) is 0.893. The molecule has 2 rings (SSSR count). The normalized spacial score (nSPS) is 17.1. The number of carbonyl (C=O) groups is 1. The van der Waals surface area contributed by atoms with Crippen LogP contribution in [0, 0.1) is 12.8 Å². The summed E-state index contributed by atoms with van der Waals surface area (Å²) in [4.78, 5) is 14.6. The molecule has 1 aromatic carbocycles. The van der Waals surface area contributed by atoms with Crippen LogP contribution in [0.4, 0.5) is 0 Å². The van der Waals surface area contributed by atoms with E-state index in [2.05, 4.69) is 33.1 Å². The monoisotopic (exact) mass is 338 g/mol.